The van der Waals surface area contributed by atoms with Crippen molar-refractivity contribution >= 4 is 0 Å². The molecule has 0 aromatic heterocycles. The minimum atomic E-state index is -0.125. The van der Waals surface area contributed by atoms with Crippen LogP contribution in [0.15, 0.2) is 118 Å². The maximum absolute atomic E-state index is 7.62. The first-order valence-corrected chi connectivity index (χ1v) is 6.28. The standard InChI is InChI=1S/C2H6O2.9C2H4.CH5NO/c3-1-2-4;9*1-2;1-3-2/h3-4H,1-2H2;9*1-2H2;2H2,1H3. The molecule has 0 rings (SSSR count). The molecule has 4 N–H and O–H groups in total. The van der Waals surface area contributed by atoms with Crippen molar-refractivity contribution in [1.82, 2.24) is 0 Å². The summed E-state index contributed by atoms with van der Waals surface area (Å²) in [6, 6.07) is 0. The van der Waals surface area contributed by atoms with Gasteiger partial charge in [-0.1, -0.05) is 0 Å². The predicted molar refractivity (Wildman–Crippen MR) is 127 cm³/mol. The molecule has 0 aliphatic rings. The van der Waals surface area contributed by atoms with Crippen molar-refractivity contribution in [2.75, 3.05) is 20.3 Å². The second-order valence-electron chi connectivity index (χ2n) is 0.683. The van der Waals surface area contributed by atoms with Gasteiger partial charge in [-0.15, -0.1) is 118 Å². The molecule has 0 heterocycles. The Kier molecular flexibility index (Phi) is 114000. The largest absolute Gasteiger partial charge is 0.394 e. The summed E-state index contributed by atoms with van der Waals surface area (Å²) >= 11 is 0. The molecule has 4 nitrogen and oxygen atoms in total. The minimum absolute atomic E-state index is 0.125. The van der Waals surface area contributed by atoms with Gasteiger partial charge in [0.1, 0.15) is 0 Å². The van der Waals surface area contributed by atoms with E-state index in [0.717, 1.165) is 0 Å². The van der Waals surface area contributed by atoms with Crippen LogP contribution in [0.25, 0.3) is 0 Å². The lowest BCUT2D eigenvalue weighted by atomic mass is 10.8. The lowest BCUT2D eigenvalue weighted by Gasteiger charge is -1.70. The van der Waals surface area contributed by atoms with Gasteiger partial charge in [0.2, 0.25) is 0 Å². The van der Waals surface area contributed by atoms with E-state index < -0.39 is 0 Å². The van der Waals surface area contributed by atoms with E-state index in [-0.39, 0.29) is 13.2 Å². The van der Waals surface area contributed by atoms with Crippen LogP contribution in [0.2, 0.25) is 0 Å². The van der Waals surface area contributed by atoms with Gasteiger partial charge < -0.3 is 15.1 Å². The number of nitrogens with two attached hydrogens (primary N) is 1. The van der Waals surface area contributed by atoms with E-state index in [1.54, 1.807) is 0 Å². The first kappa shape index (κ1) is 78.6. The number of hydrogen-bond donors (Lipinski definition) is 3. The quantitative estimate of drug-likeness (QED) is 0.414. The number of hydrogen-bond acceptors (Lipinski definition) is 4. The van der Waals surface area contributed by atoms with Gasteiger partial charge in [-0.2, -0.15) is 0 Å². The summed E-state index contributed by atoms with van der Waals surface area (Å²) in [5.41, 5.74) is 0. The fourth-order valence-corrected chi connectivity index (χ4v) is 0. The van der Waals surface area contributed by atoms with Gasteiger partial charge in [0.05, 0.1) is 20.3 Å². The van der Waals surface area contributed by atoms with E-state index in [9.17, 15) is 0 Å². The summed E-state index contributed by atoms with van der Waals surface area (Å²) in [6.45, 7) is 53.8. The summed E-state index contributed by atoms with van der Waals surface area (Å²) in [7, 11) is 1.40. The molecule has 0 amide bonds. The molecule has 25 heavy (non-hydrogen) atoms. The van der Waals surface area contributed by atoms with Crippen LogP contribution in [0.5, 0.6) is 0 Å². The van der Waals surface area contributed by atoms with Crippen LogP contribution in [-0.2, 0) is 4.84 Å². The molecule has 0 spiro atoms. The summed E-state index contributed by atoms with van der Waals surface area (Å²) in [6.07, 6.45) is 0. The Bertz CT molecular complexity index is 74.6. The number of rotatable bonds is 1. The van der Waals surface area contributed by atoms with Gasteiger partial charge in [0.15, 0.2) is 0 Å². The van der Waals surface area contributed by atoms with Gasteiger partial charge >= 0.3 is 0 Å². The molecule has 0 aromatic carbocycles. The Morgan fingerprint density at radius 1 is 0.480 bits per heavy atom. The van der Waals surface area contributed by atoms with Crippen LogP contribution < -0.4 is 5.90 Å². The Morgan fingerprint density at radius 2 is 0.520 bits per heavy atom. The summed E-state index contributed by atoms with van der Waals surface area (Å²) in [5, 5.41) is 15.2. The Morgan fingerprint density at radius 3 is 0.520 bits per heavy atom. The van der Waals surface area contributed by atoms with Crippen molar-refractivity contribution in [3.05, 3.63) is 118 Å². The molecule has 0 saturated carbocycles. The van der Waals surface area contributed by atoms with E-state index in [1.807, 2.05) is 0 Å². The predicted octanol–water partition coefficient (Wildman–Crippen LogP) is 5.70. The van der Waals surface area contributed by atoms with Crippen LogP contribution in [0.1, 0.15) is 0 Å². The molecule has 0 saturated heterocycles. The molecule has 0 bridgehead atoms. The highest BCUT2D eigenvalue weighted by Gasteiger charge is 1.58. The third-order valence-electron chi connectivity index (χ3n) is 0.1000. The third kappa shape index (κ3) is 3630. The van der Waals surface area contributed by atoms with Crippen LogP contribution in [0.3, 0.4) is 0 Å². The lowest BCUT2D eigenvalue weighted by Crippen LogP contribution is -1.86. The maximum atomic E-state index is 7.62. The van der Waals surface area contributed by atoms with Crippen molar-refractivity contribution in [3.63, 3.8) is 0 Å². The normalized spacial score (nSPS) is 3.36. The third-order valence-corrected chi connectivity index (χ3v) is 0.1000. The maximum Gasteiger partial charge on any atom is 0.0662 e. The van der Waals surface area contributed by atoms with Gasteiger partial charge in [-0.25, -0.2) is 5.90 Å². The van der Waals surface area contributed by atoms with E-state index >= 15 is 0 Å². The Labute approximate surface area is 160 Å². The minimum Gasteiger partial charge on any atom is -0.394 e. The SMILES string of the molecule is C=C.C=C.C=C.C=C.C=C.C=C.C=C.C=C.C=C.CON.OCCO. The van der Waals surface area contributed by atoms with E-state index in [2.05, 4.69) is 129 Å². The van der Waals surface area contributed by atoms with Crippen molar-refractivity contribution in [2.45, 2.75) is 0 Å². The molecule has 0 aromatic rings. The van der Waals surface area contributed by atoms with Crippen molar-refractivity contribution < 1.29 is 15.1 Å². The Balaban J connectivity index is -0.00000000972. The topological polar surface area (TPSA) is 75.7 Å². The van der Waals surface area contributed by atoms with Gasteiger partial charge in [0, 0.05) is 0 Å². The molecule has 0 aliphatic heterocycles. The molecule has 0 fully saturated rings. The first-order chi connectivity index (χ1) is 12.3. The fraction of sp³-hybridized carbons (Fsp3) is 0.143. The molecule has 0 unspecified atom stereocenters. The summed E-state index contributed by atoms with van der Waals surface area (Å²) in [5.74, 6) is 4.35. The molecule has 0 radical (unpaired) electrons. The first-order valence-electron chi connectivity index (χ1n) is 6.28. The fourth-order valence-electron chi connectivity index (χ4n) is 0. The smallest absolute Gasteiger partial charge is 0.0662 e. The zero-order valence-electron chi connectivity index (χ0n) is 17.0. The summed E-state index contributed by atoms with van der Waals surface area (Å²) < 4.78 is 0. The highest BCUT2D eigenvalue weighted by molar-refractivity contribution is 4.24. The van der Waals surface area contributed by atoms with Crippen LogP contribution >= 0.6 is 0 Å². The second-order valence-corrected chi connectivity index (χ2v) is 0.683. The highest BCUT2D eigenvalue weighted by atomic mass is 16.6. The summed E-state index contributed by atoms with van der Waals surface area (Å²) in [4.78, 5) is 3.75. The average Bonchev–Trinajstić information content (AvgIpc) is 2.81. The van der Waals surface area contributed by atoms with Crippen LogP contribution in [-0.4, -0.2) is 30.5 Å². The van der Waals surface area contributed by atoms with Crippen LogP contribution in [0.4, 0.5) is 0 Å². The monoisotopic (exact) mass is 361 g/mol. The number of aliphatic hydroxyl groups is 2. The molecule has 0 aliphatic carbocycles. The van der Waals surface area contributed by atoms with Crippen molar-refractivity contribution in [2.24, 2.45) is 5.90 Å². The van der Waals surface area contributed by atoms with Crippen LogP contribution in [0, 0.1) is 0 Å². The average molecular weight is 362 g/mol. The molecule has 4 heteroatoms. The van der Waals surface area contributed by atoms with E-state index in [0.29, 0.717) is 0 Å². The second kappa shape index (κ2) is 36100. The van der Waals surface area contributed by atoms with E-state index in [4.69, 9.17) is 10.2 Å². The molecule has 154 valence electrons. The molecular weight excluding hydrogens is 314 g/mol. The highest BCUT2D eigenvalue weighted by Crippen LogP contribution is 1.39. The van der Waals surface area contributed by atoms with Crippen molar-refractivity contribution in [3.8, 4) is 0 Å². The zero-order valence-corrected chi connectivity index (χ0v) is 17.0. The Hall–Kier alpha value is -2.50. The van der Waals surface area contributed by atoms with Crippen molar-refractivity contribution in [1.29, 1.82) is 0 Å². The van der Waals surface area contributed by atoms with Gasteiger partial charge in [-0.3, -0.25) is 0 Å². The number of aliphatic hydroxyl groups excluding tert-OH is 2. The van der Waals surface area contributed by atoms with Gasteiger partial charge in [0.25, 0.3) is 0 Å². The van der Waals surface area contributed by atoms with Gasteiger partial charge in [-0.05, 0) is 0 Å². The molecule has 0 atom stereocenters. The zero-order chi connectivity index (χ0) is 24.1. The molecular formula is C21H47NO3. The lowest BCUT2D eigenvalue weighted by molar-refractivity contribution is 0.186. The van der Waals surface area contributed by atoms with E-state index in [1.165, 1.54) is 7.11 Å².